The molecule has 0 bridgehead atoms. The summed E-state index contributed by atoms with van der Waals surface area (Å²) in [7, 11) is 3.77. The first kappa shape index (κ1) is 19.3. The van der Waals surface area contributed by atoms with Crippen LogP contribution in [-0.4, -0.2) is 36.3 Å². The Morgan fingerprint density at radius 1 is 1.26 bits per heavy atom. The van der Waals surface area contributed by atoms with E-state index in [1.54, 1.807) is 18.2 Å². The Balaban J connectivity index is 1.68. The molecule has 1 aliphatic rings. The minimum Gasteiger partial charge on any atom is -0.378 e. The van der Waals surface area contributed by atoms with E-state index in [2.05, 4.69) is 10.4 Å². The highest BCUT2D eigenvalue weighted by atomic mass is 19.4. The average molecular weight is 380 g/mol. The number of benzene rings is 1. The van der Waals surface area contributed by atoms with Crippen molar-refractivity contribution in [3.05, 3.63) is 46.8 Å². The quantitative estimate of drug-likeness (QED) is 0.866. The number of hydrogen-bond donors (Lipinski definition) is 1. The molecule has 8 heteroatoms. The van der Waals surface area contributed by atoms with Gasteiger partial charge in [-0.1, -0.05) is 6.07 Å². The fraction of sp³-hybridized carbons (Fsp3) is 0.474. The molecule has 0 atom stereocenters. The summed E-state index contributed by atoms with van der Waals surface area (Å²) < 4.78 is 41.1. The van der Waals surface area contributed by atoms with Crippen molar-refractivity contribution >= 4 is 11.6 Å². The molecule has 1 aromatic heterocycles. The second-order valence-electron chi connectivity index (χ2n) is 6.90. The molecule has 1 aromatic carbocycles. The fourth-order valence-electron chi connectivity index (χ4n) is 3.39. The molecular formula is C19H23F3N4O. The van der Waals surface area contributed by atoms with Gasteiger partial charge < -0.3 is 10.2 Å². The van der Waals surface area contributed by atoms with Crippen LogP contribution in [0.3, 0.4) is 0 Å². The highest BCUT2D eigenvalue weighted by Gasteiger charge is 2.39. The van der Waals surface area contributed by atoms with Crippen LogP contribution in [0, 0.1) is 0 Å². The summed E-state index contributed by atoms with van der Waals surface area (Å²) in [6.45, 7) is 0.438. The highest BCUT2D eigenvalue weighted by Crippen LogP contribution is 2.35. The summed E-state index contributed by atoms with van der Waals surface area (Å²) in [6, 6.07) is 7.17. The lowest BCUT2D eigenvalue weighted by Crippen LogP contribution is -2.28. The van der Waals surface area contributed by atoms with Crippen molar-refractivity contribution < 1.29 is 18.0 Å². The van der Waals surface area contributed by atoms with Gasteiger partial charge in [-0.3, -0.25) is 9.48 Å². The van der Waals surface area contributed by atoms with Crippen molar-refractivity contribution in [2.75, 3.05) is 25.5 Å². The first-order valence-corrected chi connectivity index (χ1v) is 8.98. The largest absolute Gasteiger partial charge is 0.435 e. The zero-order chi connectivity index (χ0) is 19.6. The Morgan fingerprint density at radius 2 is 2.00 bits per heavy atom. The minimum absolute atomic E-state index is 0.219. The van der Waals surface area contributed by atoms with Crippen LogP contribution in [0.25, 0.3) is 0 Å². The van der Waals surface area contributed by atoms with Crippen molar-refractivity contribution in [1.82, 2.24) is 15.1 Å². The van der Waals surface area contributed by atoms with Gasteiger partial charge in [-0.2, -0.15) is 18.3 Å². The van der Waals surface area contributed by atoms with Crippen LogP contribution in [0.2, 0.25) is 0 Å². The van der Waals surface area contributed by atoms with Crippen molar-refractivity contribution in [1.29, 1.82) is 0 Å². The van der Waals surface area contributed by atoms with E-state index in [1.165, 1.54) is 4.68 Å². The summed E-state index contributed by atoms with van der Waals surface area (Å²) in [5.41, 5.74) is 1.61. The second-order valence-corrected chi connectivity index (χ2v) is 6.90. The predicted octanol–water partition coefficient (Wildman–Crippen LogP) is 3.28. The zero-order valence-electron chi connectivity index (χ0n) is 15.4. The number of hydrogen-bond acceptors (Lipinski definition) is 3. The van der Waals surface area contributed by atoms with Crippen molar-refractivity contribution in [3.8, 4) is 0 Å². The lowest BCUT2D eigenvalue weighted by Gasteiger charge is -2.15. The molecule has 0 radical (unpaired) electrons. The molecule has 27 heavy (non-hydrogen) atoms. The first-order valence-electron chi connectivity index (χ1n) is 8.98. The molecule has 0 spiro atoms. The van der Waals surface area contributed by atoms with E-state index in [1.807, 2.05) is 25.1 Å². The third-order valence-corrected chi connectivity index (χ3v) is 4.76. The maximum Gasteiger partial charge on any atom is 0.435 e. The molecule has 1 heterocycles. The Morgan fingerprint density at radius 3 is 2.70 bits per heavy atom. The van der Waals surface area contributed by atoms with E-state index in [0.717, 1.165) is 18.5 Å². The van der Waals surface area contributed by atoms with Gasteiger partial charge in [0.15, 0.2) is 5.69 Å². The van der Waals surface area contributed by atoms with Crippen molar-refractivity contribution in [2.24, 2.45) is 0 Å². The first-order chi connectivity index (χ1) is 12.8. The van der Waals surface area contributed by atoms with Gasteiger partial charge in [-0.15, -0.1) is 0 Å². The fourth-order valence-corrected chi connectivity index (χ4v) is 3.39. The van der Waals surface area contributed by atoms with Crippen LogP contribution in [0.5, 0.6) is 0 Å². The normalized spacial score (nSPS) is 14.0. The van der Waals surface area contributed by atoms with Gasteiger partial charge in [-0.25, -0.2) is 0 Å². The second kappa shape index (κ2) is 7.62. The standard InChI is InChI=1S/C19H23F3N4O/c1-25(2)14-7-5-6-13(12-14)18(27)23-10-11-26-16-9-4-3-8-15(16)17(24-26)19(20,21)22/h5-7,12H,3-4,8-11H2,1-2H3,(H,23,27). The Bertz CT molecular complexity index is 827. The molecule has 0 saturated carbocycles. The number of anilines is 1. The summed E-state index contributed by atoms with van der Waals surface area (Å²) in [5.74, 6) is -0.254. The Kier molecular flexibility index (Phi) is 5.43. The molecule has 1 aliphatic carbocycles. The van der Waals surface area contributed by atoms with Crippen molar-refractivity contribution in [3.63, 3.8) is 0 Å². The van der Waals surface area contributed by atoms with E-state index in [9.17, 15) is 18.0 Å². The smallest absolute Gasteiger partial charge is 0.378 e. The number of amides is 1. The molecule has 0 unspecified atom stereocenters. The number of nitrogens with zero attached hydrogens (tertiary/aromatic N) is 3. The molecule has 0 aliphatic heterocycles. The number of nitrogens with one attached hydrogen (secondary N) is 1. The maximum atomic E-state index is 13.2. The van der Waals surface area contributed by atoms with Crippen LogP contribution < -0.4 is 10.2 Å². The van der Waals surface area contributed by atoms with Gasteiger partial charge in [0.1, 0.15) is 0 Å². The summed E-state index contributed by atoms with van der Waals surface area (Å²) in [4.78, 5) is 14.2. The number of fused-ring (bicyclic) bond motifs is 1. The van der Waals surface area contributed by atoms with Gasteiger partial charge in [0.2, 0.25) is 0 Å². The van der Waals surface area contributed by atoms with E-state index < -0.39 is 11.9 Å². The molecule has 0 fully saturated rings. The molecule has 2 aromatic rings. The minimum atomic E-state index is -4.44. The number of halogens is 3. The van der Waals surface area contributed by atoms with Crippen molar-refractivity contribution in [2.45, 2.75) is 38.4 Å². The number of alkyl halides is 3. The van der Waals surface area contributed by atoms with Crippen LogP contribution in [0.1, 0.15) is 40.2 Å². The molecule has 3 rings (SSSR count). The predicted molar refractivity (Wildman–Crippen MR) is 97.0 cm³/mol. The third-order valence-electron chi connectivity index (χ3n) is 4.76. The van der Waals surface area contributed by atoms with Crippen LogP contribution in [-0.2, 0) is 25.6 Å². The van der Waals surface area contributed by atoms with Gasteiger partial charge in [0.05, 0.1) is 6.54 Å². The van der Waals surface area contributed by atoms with Crippen LogP contribution >= 0.6 is 0 Å². The summed E-state index contributed by atoms with van der Waals surface area (Å²) in [6.07, 6.45) is -1.83. The van der Waals surface area contributed by atoms with E-state index >= 15 is 0 Å². The number of aromatic nitrogens is 2. The maximum absolute atomic E-state index is 13.2. The molecule has 1 amide bonds. The van der Waals surface area contributed by atoms with E-state index in [-0.39, 0.29) is 19.0 Å². The van der Waals surface area contributed by atoms with E-state index in [0.29, 0.717) is 29.7 Å². The van der Waals surface area contributed by atoms with Gasteiger partial charge in [-0.05, 0) is 43.9 Å². The third kappa shape index (κ3) is 4.26. The molecule has 5 nitrogen and oxygen atoms in total. The van der Waals surface area contributed by atoms with E-state index in [4.69, 9.17) is 0 Å². The molecular weight excluding hydrogens is 357 g/mol. The van der Waals surface area contributed by atoms with Crippen LogP contribution in [0.15, 0.2) is 24.3 Å². The van der Waals surface area contributed by atoms with Gasteiger partial charge in [0.25, 0.3) is 5.91 Å². The molecule has 146 valence electrons. The topological polar surface area (TPSA) is 50.2 Å². The Hall–Kier alpha value is -2.51. The monoisotopic (exact) mass is 380 g/mol. The Labute approximate surface area is 156 Å². The number of rotatable bonds is 5. The van der Waals surface area contributed by atoms with Gasteiger partial charge >= 0.3 is 6.18 Å². The lowest BCUT2D eigenvalue weighted by molar-refractivity contribution is -0.142. The number of carbonyl (C=O) groups excluding carboxylic acids is 1. The zero-order valence-corrected chi connectivity index (χ0v) is 15.4. The molecule has 1 N–H and O–H groups in total. The average Bonchev–Trinajstić information content (AvgIpc) is 3.01. The SMILES string of the molecule is CN(C)c1cccc(C(=O)NCCn2nc(C(F)(F)F)c3c2CCCC3)c1. The lowest BCUT2D eigenvalue weighted by atomic mass is 9.95. The highest BCUT2D eigenvalue weighted by molar-refractivity contribution is 5.95. The van der Waals surface area contributed by atoms with Crippen LogP contribution in [0.4, 0.5) is 18.9 Å². The summed E-state index contributed by atoms with van der Waals surface area (Å²) in [5, 5.41) is 6.57. The summed E-state index contributed by atoms with van der Waals surface area (Å²) >= 11 is 0. The van der Waals surface area contributed by atoms with Gasteiger partial charge in [0, 0.05) is 43.1 Å². The number of carbonyl (C=O) groups is 1. The molecule has 0 saturated heterocycles.